The van der Waals surface area contributed by atoms with Crippen LogP contribution in [0.3, 0.4) is 0 Å². The van der Waals surface area contributed by atoms with Gasteiger partial charge in [0.2, 0.25) is 0 Å². The largest absolute Gasteiger partial charge is 0.317 e. The molecule has 4 aromatic rings. The number of nitrogens with zero attached hydrogens (tertiary/aromatic N) is 4. The van der Waals surface area contributed by atoms with Crippen LogP contribution < -0.4 is 10.6 Å². The zero-order valence-electron chi connectivity index (χ0n) is 17.4. The summed E-state index contributed by atoms with van der Waals surface area (Å²) in [5, 5.41) is 9.27. The van der Waals surface area contributed by atoms with Crippen LogP contribution in [0.4, 0.5) is 24.4 Å². The topological polar surface area (TPSA) is 102 Å². The van der Waals surface area contributed by atoms with Gasteiger partial charge in [-0.25, -0.2) is 18.4 Å². The number of pyridine rings is 1. The Morgan fingerprint density at radius 3 is 2.76 bits per heavy atom. The minimum Gasteiger partial charge on any atom is -0.317 e. The van der Waals surface area contributed by atoms with Crippen LogP contribution in [0.2, 0.25) is 0 Å². The molecule has 1 aliphatic carbocycles. The second-order valence-electron chi connectivity index (χ2n) is 7.40. The molecule has 1 aromatic carbocycles. The van der Waals surface area contributed by atoms with E-state index in [0.29, 0.717) is 34.8 Å². The summed E-state index contributed by atoms with van der Waals surface area (Å²) in [5.74, 6) is -1.39. The van der Waals surface area contributed by atoms with Gasteiger partial charge >= 0.3 is 0 Å². The zero-order valence-corrected chi connectivity index (χ0v) is 19.1. The Bertz CT molecular complexity index is 1420. The van der Waals surface area contributed by atoms with E-state index in [4.69, 9.17) is 5.10 Å². The van der Waals surface area contributed by atoms with Crippen LogP contribution in [0, 0.1) is 5.82 Å². The Morgan fingerprint density at radius 1 is 1.21 bits per heavy atom. The lowest BCUT2D eigenvalue weighted by Gasteiger charge is -2.15. The first-order valence-electron chi connectivity index (χ1n) is 10.1. The summed E-state index contributed by atoms with van der Waals surface area (Å²) in [5.41, 5.74) is 4.09. The third-order valence-electron chi connectivity index (χ3n) is 5.24. The van der Waals surface area contributed by atoms with Crippen molar-refractivity contribution in [2.24, 2.45) is 0 Å². The molecule has 0 fully saturated rings. The van der Waals surface area contributed by atoms with Gasteiger partial charge in [-0.05, 0) is 43.2 Å². The van der Waals surface area contributed by atoms with E-state index >= 15 is 4.39 Å². The average Bonchev–Trinajstić information content (AvgIpc) is 3.40. The highest BCUT2D eigenvalue weighted by Gasteiger charge is 2.30. The van der Waals surface area contributed by atoms with Crippen LogP contribution >= 0.6 is 24.0 Å². The minimum atomic E-state index is -1.15. The van der Waals surface area contributed by atoms with Crippen molar-refractivity contribution in [3.8, 4) is 27.5 Å². The van der Waals surface area contributed by atoms with Crippen LogP contribution in [0.15, 0.2) is 42.7 Å². The molecule has 0 bridgehead atoms. The summed E-state index contributed by atoms with van der Waals surface area (Å²) in [6.45, 7) is -1.15. The van der Waals surface area contributed by atoms with E-state index in [0.717, 1.165) is 11.1 Å². The number of rotatable bonds is 5. The van der Waals surface area contributed by atoms with Gasteiger partial charge in [0.1, 0.15) is 5.69 Å². The van der Waals surface area contributed by atoms with Crippen molar-refractivity contribution in [3.05, 3.63) is 59.8 Å². The average molecular weight is 499 g/mol. The van der Waals surface area contributed by atoms with Gasteiger partial charge in [0.15, 0.2) is 17.6 Å². The van der Waals surface area contributed by atoms with Crippen LogP contribution in [0.1, 0.15) is 11.3 Å². The lowest BCUT2D eigenvalue weighted by Crippen LogP contribution is -2.12. The molecule has 3 heterocycles. The molecule has 8 nitrogen and oxygen atoms in total. The summed E-state index contributed by atoms with van der Waals surface area (Å²) < 4.78 is 29.4. The first kappa shape index (κ1) is 22.2. The number of amides is 2. The molecule has 0 atom stereocenters. The molecule has 0 radical (unpaired) electrons. The van der Waals surface area contributed by atoms with E-state index in [1.807, 2.05) is 6.07 Å². The van der Waals surface area contributed by atoms with Gasteiger partial charge in [-0.3, -0.25) is 19.9 Å². The van der Waals surface area contributed by atoms with Gasteiger partial charge < -0.3 is 5.32 Å². The lowest BCUT2D eigenvalue weighted by atomic mass is 9.95. The zero-order chi connectivity index (χ0) is 23.8. The fraction of sp³-hybridized carbons (Fsp3) is 0.136. The van der Waals surface area contributed by atoms with Crippen molar-refractivity contribution in [3.63, 3.8) is 0 Å². The standard InChI is InChI=1S/C22H16F2N6O2S2/c23-9-17(31)28-21-27-15-5-4-13-18(11-2-1-7-25-10-11)29-30(19(13)20(15)34-21)16-6-3-12(8-14(16)24)26-22(32)33/h1-3,6-8,10H,4-5,9H2,(H2,26,32,33)(H,27,28,31). The molecular formula is C22H16F2N6O2S2. The van der Waals surface area contributed by atoms with Crippen molar-refractivity contribution in [1.82, 2.24) is 19.7 Å². The van der Waals surface area contributed by atoms with Crippen LogP contribution in [0.25, 0.3) is 27.5 Å². The number of fused-ring (bicyclic) bond motifs is 3. The number of hydrogen-bond acceptors (Lipinski definition) is 6. The molecule has 2 N–H and O–H groups in total. The van der Waals surface area contributed by atoms with Gasteiger partial charge in [0, 0.05) is 29.2 Å². The maximum atomic E-state index is 15.2. The first-order valence-corrected chi connectivity index (χ1v) is 11.4. The SMILES string of the molecule is O=C(S)Nc1ccc(-n2nc(-c3cccnc3)c3c2-c2sc(NC(=O)CF)nc2CC3)c(F)c1. The van der Waals surface area contributed by atoms with E-state index in [-0.39, 0.29) is 16.5 Å². The summed E-state index contributed by atoms with van der Waals surface area (Å²) in [6, 6.07) is 7.91. The number of anilines is 2. The number of alkyl halides is 1. The van der Waals surface area contributed by atoms with Gasteiger partial charge in [-0.1, -0.05) is 24.0 Å². The normalized spacial score (nSPS) is 12.1. The molecule has 0 aliphatic heterocycles. The van der Waals surface area contributed by atoms with Gasteiger partial charge in [-0.2, -0.15) is 5.10 Å². The Balaban J connectivity index is 1.69. The molecule has 5 rings (SSSR count). The Morgan fingerprint density at radius 2 is 2.06 bits per heavy atom. The number of nitrogens with one attached hydrogen (secondary N) is 2. The summed E-state index contributed by atoms with van der Waals surface area (Å²) >= 11 is 4.84. The number of benzene rings is 1. The van der Waals surface area contributed by atoms with Crippen molar-refractivity contribution in [1.29, 1.82) is 0 Å². The van der Waals surface area contributed by atoms with E-state index in [9.17, 15) is 14.0 Å². The predicted octanol–water partition coefficient (Wildman–Crippen LogP) is 4.67. The van der Waals surface area contributed by atoms with Crippen LogP contribution in [0.5, 0.6) is 0 Å². The quantitative estimate of drug-likeness (QED) is 0.347. The number of aromatic nitrogens is 4. The molecule has 34 heavy (non-hydrogen) atoms. The molecule has 1 aliphatic rings. The molecule has 2 amide bonds. The van der Waals surface area contributed by atoms with E-state index in [1.54, 1.807) is 24.5 Å². The fourth-order valence-corrected chi connectivity index (χ4v) is 5.08. The maximum Gasteiger partial charge on any atom is 0.280 e. The van der Waals surface area contributed by atoms with Crippen molar-refractivity contribution < 1.29 is 18.4 Å². The highest BCUT2D eigenvalue weighted by molar-refractivity contribution is 7.96. The van der Waals surface area contributed by atoms with Crippen molar-refractivity contribution >= 4 is 45.9 Å². The smallest absolute Gasteiger partial charge is 0.280 e. The van der Waals surface area contributed by atoms with Gasteiger partial charge in [-0.15, -0.1) is 0 Å². The number of halogens is 2. The number of hydrogen-bond donors (Lipinski definition) is 3. The molecule has 3 aromatic heterocycles. The molecule has 0 saturated heterocycles. The highest BCUT2D eigenvalue weighted by Crippen LogP contribution is 2.44. The number of carbonyl (C=O) groups is 2. The molecule has 0 saturated carbocycles. The molecular weight excluding hydrogens is 482 g/mol. The van der Waals surface area contributed by atoms with Crippen molar-refractivity contribution in [2.75, 3.05) is 17.3 Å². The van der Waals surface area contributed by atoms with Gasteiger partial charge in [0.05, 0.1) is 22.0 Å². The van der Waals surface area contributed by atoms with E-state index in [1.165, 1.54) is 28.2 Å². The number of carbonyl (C=O) groups excluding carboxylic acids is 2. The number of thiol groups is 1. The number of thiazole rings is 1. The fourth-order valence-electron chi connectivity index (χ4n) is 3.87. The van der Waals surface area contributed by atoms with Gasteiger partial charge in [0.25, 0.3) is 11.1 Å². The van der Waals surface area contributed by atoms with Crippen LogP contribution in [-0.4, -0.2) is 37.6 Å². The number of aryl methyl sites for hydroxylation is 1. The molecule has 12 heteroatoms. The van der Waals surface area contributed by atoms with Crippen molar-refractivity contribution in [2.45, 2.75) is 12.8 Å². The highest BCUT2D eigenvalue weighted by atomic mass is 32.1. The predicted molar refractivity (Wildman–Crippen MR) is 128 cm³/mol. The first-order chi connectivity index (χ1) is 16.4. The second kappa shape index (κ2) is 8.95. The molecule has 0 unspecified atom stereocenters. The minimum absolute atomic E-state index is 0.166. The lowest BCUT2D eigenvalue weighted by molar-refractivity contribution is -0.117. The Kier molecular flexibility index (Phi) is 5.84. The second-order valence-corrected chi connectivity index (χ2v) is 8.81. The van der Waals surface area contributed by atoms with Crippen LogP contribution in [-0.2, 0) is 17.6 Å². The molecule has 172 valence electrons. The Hall–Kier alpha value is -3.64. The Labute approximate surface area is 201 Å². The third-order valence-corrected chi connectivity index (χ3v) is 6.37. The summed E-state index contributed by atoms with van der Waals surface area (Å²) in [6.07, 6.45) is 4.51. The third kappa shape index (κ3) is 4.05. The van der Waals surface area contributed by atoms with E-state index in [2.05, 4.69) is 33.2 Å². The molecule has 0 spiro atoms. The van der Waals surface area contributed by atoms with E-state index < -0.39 is 23.6 Å². The summed E-state index contributed by atoms with van der Waals surface area (Å²) in [4.78, 5) is 32.1. The maximum absolute atomic E-state index is 15.2. The monoisotopic (exact) mass is 498 g/mol. The summed E-state index contributed by atoms with van der Waals surface area (Å²) in [7, 11) is 0.